The van der Waals surface area contributed by atoms with Crippen molar-refractivity contribution in [2.24, 2.45) is 0 Å². The van der Waals surface area contributed by atoms with E-state index in [2.05, 4.69) is 0 Å². The highest BCUT2D eigenvalue weighted by atomic mass is 35.5. The van der Waals surface area contributed by atoms with Crippen LogP contribution in [0.25, 0.3) is 0 Å². The zero-order chi connectivity index (χ0) is 15.7. The molecule has 0 N–H and O–H groups in total. The van der Waals surface area contributed by atoms with Gasteiger partial charge in [0, 0.05) is 28.6 Å². The van der Waals surface area contributed by atoms with Crippen LogP contribution in [0.1, 0.15) is 34.2 Å². The molecule has 21 heavy (non-hydrogen) atoms. The van der Waals surface area contributed by atoms with Crippen LogP contribution in [-0.2, 0) is 6.54 Å². The maximum atomic E-state index is 13.8. The van der Waals surface area contributed by atoms with E-state index >= 15 is 0 Å². The topological polar surface area (TPSA) is 22.0 Å². The highest BCUT2D eigenvalue weighted by Crippen LogP contribution is 2.21. The molecule has 1 aromatic carbocycles. The summed E-state index contributed by atoms with van der Waals surface area (Å²) in [5.74, 6) is -1.36. The second-order valence-electron chi connectivity index (χ2n) is 5.09. The Hall–Kier alpha value is -1.68. The minimum absolute atomic E-state index is 0.157. The third kappa shape index (κ3) is 3.16. The Morgan fingerprint density at radius 2 is 1.95 bits per heavy atom. The molecule has 0 spiro atoms. The molecule has 2 aromatic rings. The van der Waals surface area contributed by atoms with E-state index < -0.39 is 17.0 Å². The van der Waals surface area contributed by atoms with Gasteiger partial charge in [0.1, 0.15) is 11.6 Å². The maximum Gasteiger partial charge on any atom is 0.182 e. The van der Waals surface area contributed by atoms with Gasteiger partial charge in [-0.2, -0.15) is 0 Å². The summed E-state index contributed by atoms with van der Waals surface area (Å²) in [7, 11) is 0. The standard InChI is InChI=1S/C16H16ClF2NO/c1-9-6-14(16(21)10(2)17)11(3)20(9)8-12-4-5-13(18)7-15(12)19/h4-7,10H,8H2,1-3H3. The molecule has 5 heteroatoms. The molecule has 0 saturated heterocycles. The van der Waals surface area contributed by atoms with Crippen molar-refractivity contribution in [1.82, 2.24) is 4.57 Å². The fraction of sp³-hybridized carbons (Fsp3) is 0.312. The predicted molar refractivity (Wildman–Crippen MR) is 79.0 cm³/mol. The fourth-order valence-corrected chi connectivity index (χ4v) is 2.45. The summed E-state index contributed by atoms with van der Waals surface area (Å²) in [4.78, 5) is 12.0. The second kappa shape index (κ2) is 5.98. The first-order valence-corrected chi connectivity index (χ1v) is 7.04. The molecule has 0 aliphatic rings. The van der Waals surface area contributed by atoms with Crippen molar-refractivity contribution in [1.29, 1.82) is 0 Å². The van der Waals surface area contributed by atoms with Crippen LogP contribution in [0.5, 0.6) is 0 Å². The van der Waals surface area contributed by atoms with Gasteiger partial charge >= 0.3 is 0 Å². The molecule has 0 fully saturated rings. The number of aryl methyl sites for hydroxylation is 1. The molecule has 0 saturated carbocycles. The van der Waals surface area contributed by atoms with Gasteiger partial charge in [-0.15, -0.1) is 11.6 Å². The van der Waals surface area contributed by atoms with Crippen LogP contribution < -0.4 is 0 Å². The molecule has 112 valence electrons. The monoisotopic (exact) mass is 311 g/mol. The highest BCUT2D eigenvalue weighted by molar-refractivity contribution is 6.33. The van der Waals surface area contributed by atoms with Gasteiger partial charge in [-0.05, 0) is 32.9 Å². The molecule has 0 radical (unpaired) electrons. The lowest BCUT2D eigenvalue weighted by atomic mass is 10.1. The van der Waals surface area contributed by atoms with E-state index in [4.69, 9.17) is 11.6 Å². The summed E-state index contributed by atoms with van der Waals surface area (Å²) in [6.45, 7) is 5.49. The number of Topliss-reactive ketones (excluding diaryl/α,β-unsaturated/α-hetero) is 1. The van der Waals surface area contributed by atoms with E-state index in [1.165, 1.54) is 12.1 Å². The van der Waals surface area contributed by atoms with Crippen LogP contribution in [0.15, 0.2) is 24.3 Å². The van der Waals surface area contributed by atoms with Crippen LogP contribution in [0, 0.1) is 25.5 Å². The first-order chi connectivity index (χ1) is 9.81. The van der Waals surface area contributed by atoms with Crippen LogP contribution >= 0.6 is 11.6 Å². The minimum atomic E-state index is -0.610. The molecule has 0 amide bonds. The van der Waals surface area contributed by atoms with E-state index in [1.54, 1.807) is 19.9 Å². The molecule has 1 unspecified atom stereocenters. The number of ketones is 1. The average molecular weight is 312 g/mol. The quantitative estimate of drug-likeness (QED) is 0.611. The number of carbonyl (C=O) groups is 1. The molecular formula is C16H16ClF2NO. The van der Waals surface area contributed by atoms with Gasteiger partial charge in [-0.1, -0.05) is 6.07 Å². The molecule has 0 aliphatic carbocycles. The largest absolute Gasteiger partial charge is 0.344 e. The van der Waals surface area contributed by atoms with Crippen molar-refractivity contribution >= 4 is 17.4 Å². The van der Waals surface area contributed by atoms with Crippen LogP contribution in [0.4, 0.5) is 8.78 Å². The lowest BCUT2D eigenvalue weighted by Crippen LogP contribution is -2.12. The van der Waals surface area contributed by atoms with Gasteiger partial charge in [0.05, 0.1) is 11.9 Å². The van der Waals surface area contributed by atoms with E-state index in [0.29, 0.717) is 11.1 Å². The summed E-state index contributed by atoms with van der Waals surface area (Å²) in [5.41, 5.74) is 2.47. The third-order valence-corrected chi connectivity index (χ3v) is 3.74. The third-order valence-electron chi connectivity index (χ3n) is 3.54. The minimum Gasteiger partial charge on any atom is -0.344 e. The van der Waals surface area contributed by atoms with E-state index in [-0.39, 0.29) is 12.3 Å². The van der Waals surface area contributed by atoms with Crippen LogP contribution in [0.3, 0.4) is 0 Å². The molecular weight excluding hydrogens is 296 g/mol. The predicted octanol–water partition coefficient (Wildman–Crippen LogP) is 4.24. The van der Waals surface area contributed by atoms with Crippen LogP contribution in [-0.4, -0.2) is 15.7 Å². The Labute approximate surface area is 127 Å². The van der Waals surface area contributed by atoms with Gasteiger partial charge in [0.15, 0.2) is 5.78 Å². The molecule has 0 aliphatic heterocycles. The number of halogens is 3. The first-order valence-electron chi connectivity index (χ1n) is 6.60. The normalized spacial score (nSPS) is 12.5. The number of aromatic nitrogens is 1. The second-order valence-corrected chi connectivity index (χ2v) is 5.74. The van der Waals surface area contributed by atoms with Gasteiger partial charge in [0.25, 0.3) is 0 Å². The van der Waals surface area contributed by atoms with Crippen LogP contribution in [0.2, 0.25) is 0 Å². The van der Waals surface area contributed by atoms with Crippen molar-refractivity contribution in [2.45, 2.75) is 32.7 Å². The van der Waals surface area contributed by atoms with Gasteiger partial charge in [0.2, 0.25) is 0 Å². The van der Waals surface area contributed by atoms with Crippen molar-refractivity contribution in [3.63, 3.8) is 0 Å². The molecule has 1 atom stereocenters. The SMILES string of the molecule is Cc1cc(C(=O)C(C)Cl)c(C)n1Cc1ccc(F)cc1F. The van der Waals surface area contributed by atoms with E-state index in [0.717, 1.165) is 17.5 Å². The Kier molecular flexibility index (Phi) is 4.47. The van der Waals surface area contributed by atoms with Crippen molar-refractivity contribution in [3.8, 4) is 0 Å². The highest BCUT2D eigenvalue weighted by Gasteiger charge is 2.19. The summed E-state index contributed by atoms with van der Waals surface area (Å²) in [5, 5.41) is -0.610. The summed E-state index contributed by atoms with van der Waals surface area (Å²) >= 11 is 5.84. The first kappa shape index (κ1) is 15.7. The average Bonchev–Trinajstić information content (AvgIpc) is 2.68. The molecule has 0 bridgehead atoms. The Morgan fingerprint density at radius 3 is 2.52 bits per heavy atom. The Balaban J connectivity index is 2.39. The Morgan fingerprint density at radius 1 is 1.29 bits per heavy atom. The van der Waals surface area contributed by atoms with E-state index in [9.17, 15) is 13.6 Å². The van der Waals surface area contributed by atoms with E-state index in [1.807, 2.05) is 11.5 Å². The van der Waals surface area contributed by atoms with Crippen molar-refractivity contribution in [3.05, 3.63) is 58.4 Å². The number of carbonyl (C=O) groups excluding carboxylic acids is 1. The zero-order valence-corrected chi connectivity index (χ0v) is 12.8. The number of rotatable bonds is 4. The fourth-order valence-electron chi connectivity index (χ4n) is 2.33. The lowest BCUT2D eigenvalue weighted by molar-refractivity contribution is 0.0991. The van der Waals surface area contributed by atoms with Gasteiger partial charge in [-0.3, -0.25) is 4.79 Å². The summed E-state index contributed by atoms with van der Waals surface area (Å²) in [6.07, 6.45) is 0. The number of benzene rings is 1. The van der Waals surface area contributed by atoms with Crippen molar-refractivity contribution < 1.29 is 13.6 Å². The molecule has 2 rings (SSSR count). The molecule has 1 aromatic heterocycles. The number of alkyl halides is 1. The molecule has 1 heterocycles. The zero-order valence-electron chi connectivity index (χ0n) is 12.1. The Bertz CT molecular complexity index is 692. The maximum absolute atomic E-state index is 13.8. The van der Waals surface area contributed by atoms with Gasteiger partial charge < -0.3 is 4.57 Å². The smallest absolute Gasteiger partial charge is 0.182 e. The van der Waals surface area contributed by atoms with Crippen molar-refractivity contribution in [2.75, 3.05) is 0 Å². The summed E-state index contributed by atoms with van der Waals surface area (Å²) < 4.78 is 28.5. The summed E-state index contributed by atoms with van der Waals surface area (Å²) in [6, 6.07) is 5.24. The van der Waals surface area contributed by atoms with Gasteiger partial charge in [-0.25, -0.2) is 8.78 Å². The number of hydrogen-bond donors (Lipinski definition) is 0. The number of nitrogens with zero attached hydrogens (tertiary/aromatic N) is 1. The molecule has 2 nitrogen and oxygen atoms in total. The lowest BCUT2D eigenvalue weighted by Gasteiger charge is -2.11. The number of hydrogen-bond acceptors (Lipinski definition) is 1.